The summed E-state index contributed by atoms with van der Waals surface area (Å²) >= 11 is 0. The van der Waals surface area contributed by atoms with Crippen LogP contribution in [0.4, 0.5) is 0 Å². The fraction of sp³-hybridized carbons (Fsp3) is 0.286. The van der Waals surface area contributed by atoms with Crippen LogP contribution in [0, 0.1) is 5.92 Å². The molecule has 2 aliphatic carbocycles. The van der Waals surface area contributed by atoms with Gasteiger partial charge in [-0.15, -0.1) is 0 Å². The fourth-order valence-corrected chi connectivity index (χ4v) is 4.45. The van der Waals surface area contributed by atoms with Gasteiger partial charge in [0, 0.05) is 17.5 Å². The van der Waals surface area contributed by atoms with Crippen molar-refractivity contribution in [3.8, 4) is 5.69 Å². The van der Waals surface area contributed by atoms with Gasteiger partial charge >= 0.3 is 0 Å². The normalized spacial score (nSPS) is 23.0. The Morgan fingerprint density at radius 1 is 1.23 bits per heavy atom. The number of hydrogen-bond donors (Lipinski definition) is 1. The molecule has 0 radical (unpaired) electrons. The Hall–Kier alpha value is -2.95. The minimum absolute atomic E-state index is 0.0275. The van der Waals surface area contributed by atoms with E-state index in [1.807, 2.05) is 24.3 Å². The second kappa shape index (κ2) is 5.80. The van der Waals surface area contributed by atoms with Crippen LogP contribution in [0.3, 0.4) is 0 Å². The fourth-order valence-electron chi connectivity index (χ4n) is 4.45. The first-order valence-corrected chi connectivity index (χ1v) is 9.08. The van der Waals surface area contributed by atoms with Crippen molar-refractivity contribution in [2.24, 2.45) is 5.92 Å². The first-order chi connectivity index (χ1) is 12.8. The van der Waals surface area contributed by atoms with Crippen LogP contribution in [0.1, 0.15) is 34.3 Å². The summed E-state index contributed by atoms with van der Waals surface area (Å²) in [5.74, 6) is 0.522. The van der Waals surface area contributed by atoms with Gasteiger partial charge in [0.25, 0.3) is 5.91 Å². The molecule has 0 saturated heterocycles. The highest BCUT2D eigenvalue weighted by Gasteiger charge is 2.57. The summed E-state index contributed by atoms with van der Waals surface area (Å²) in [7, 11) is 0. The molecule has 2 aliphatic rings. The second-order valence-electron chi connectivity index (χ2n) is 7.31. The van der Waals surface area contributed by atoms with E-state index < -0.39 is 0 Å². The Labute approximate surface area is 152 Å². The maximum absolute atomic E-state index is 12.6. The van der Waals surface area contributed by atoms with Crippen molar-refractivity contribution in [2.45, 2.75) is 24.7 Å². The summed E-state index contributed by atoms with van der Waals surface area (Å²) < 4.78 is 1.65. The standard InChI is InChI=1S/C21H20N4O/c26-20(16-5-3-6-18(10-16)25-14-22-13-24-25)23-12-17-11-21(17)9-8-15-4-1-2-7-19(15)21/h1-7,10,13-14,17H,8-9,11-12H2,(H,23,26)/t17-,21+/m0/s1. The van der Waals surface area contributed by atoms with Gasteiger partial charge < -0.3 is 5.32 Å². The molecule has 5 nitrogen and oxygen atoms in total. The van der Waals surface area contributed by atoms with Crippen LogP contribution in [0.2, 0.25) is 0 Å². The van der Waals surface area contributed by atoms with Gasteiger partial charge in [-0.1, -0.05) is 30.3 Å². The number of aryl methyl sites for hydroxylation is 1. The van der Waals surface area contributed by atoms with Crippen LogP contribution in [-0.4, -0.2) is 27.2 Å². The summed E-state index contributed by atoms with van der Waals surface area (Å²) in [6.45, 7) is 0.737. The van der Waals surface area contributed by atoms with E-state index in [1.54, 1.807) is 11.0 Å². The van der Waals surface area contributed by atoms with Crippen molar-refractivity contribution in [2.75, 3.05) is 6.54 Å². The van der Waals surface area contributed by atoms with Gasteiger partial charge in [-0.25, -0.2) is 9.67 Å². The van der Waals surface area contributed by atoms with Gasteiger partial charge in [0.05, 0.1) is 5.69 Å². The van der Waals surface area contributed by atoms with E-state index in [4.69, 9.17) is 0 Å². The van der Waals surface area contributed by atoms with Crippen molar-refractivity contribution < 1.29 is 4.79 Å². The molecule has 2 atom stereocenters. The molecule has 5 heteroatoms. The number of hydrogen-bond acceptors (Lipinski definition) is 3. The largest absolute Gasteiger partial charge is 0.352 e. The van der Waals surface area contributed by atoms with Crippen LogP contribution < -0.4 is 5.32 Å². The highest BCUT2D eigenvalue weighted by Crippen LogP contribution is 2.61. The first-order valence-electron chi connectivity index (χ1n) is 9.08. The molecule has 26 heavy (non-hydrogen) atoms. The summed E-state index contributed by atoms with van der Waals surface area (Å²) in [4.78, 5) is 16.5. The van der Waals surface area contributed by atoms with E-state index in [1.165, 1.54) is 36.7 Å². The van der Waals surface area contributed by atoms with Crippen molar-refractivity contribution in [3.63, 3.8) is 0 Å². The lowest BCUT2D eigenvalue weighted by Gasteiger charge is -2.12. The molecule has 1 N–H and O–H groups in total. The Balaban J connectivity index is 1.26. The minimum Gasteiger partial charge on any atom is -0.352 e. The van der Waals surface area contributed by atoms with E-state index in [0.29, 0.717) is 16.9 Å². The zero-order valence-corrected chi connectivity index (χ0v) is 14.4. The van der Waals surface area contributed by atoms with Crippen LogP contribution in [0.25, 0.3) is 5.69 Å². The van der Waals surface area contributed by atoms with Gasteiger partial charge in [0.1, 0.15) is 12.7 Å². The lowest BCUT2D eigenvalue weighted by Crippen LogP contribution is -2.27. The van der Waals surface area contributed by atoms with Gasteiger partial charge in [-0.2, -0.15) is 5.10 Å². The molecule has 1 heterocycles. The average molecular weight is 344 g/mol. The molecule has 1 saturated carbocycles. The molecule has 2 aromatic carbocycles. The van der Waals surface area contributed by atoms with Crippen LogP contribution in [0.5, 0.6) is 0 Å². The molecule has 1 spiro atoms. The molecular formula is C21H20N4O. The van der Waals surface area contributed by atoms with E-state index >= 15 is 0 Å². The van der Waals surface area contributed by atoms with Gasteiger partial charge in [-0.3, -0.25) is 4.79 Å². The maximum atomic E-state index is 12.6. The third-order valence-electron chi connectivity index (χ3n) is 5.93. The van der Waals surface area contributed by atoms with E-state index in [9.17, 15) is 4.79 Å². The van der Waals surface area contributed by atoms with Crippen molar-refractivity contribution in [3.05, 3.63) is 77.9 Å². The topological polar surface area (TPSA) is 59.8 Å². The number of nitrogens with zero attached hydrogens (tertiary/aromatic N) is 3. The number of nitrogens with one attached hydrogen (secondary N) is 1. The Kier molecular flexibility index (Phi) is 3.42. The highest BCUT2D eigenvalue weighted by molar-refractivity contribution is 5.94. The molecule has 0 aliphatic heterocycles. The number of carbonyl (C=O) groups excluding carboxylic acids is 1. The third-order valence-corrected chi connectivity index (χ3v) is 5.93. The summed E-state index contributed by atoms with van der Waals surface area (Å²) in [5, 5.41) is 7.25. The zero-order chi connectivity index (χ0) is 17.6. The molecule has 1 fully saturated rings. The Bertz CT molecular complexity index is 966. The molecule has 5 rings (SSSR count). The lowest BCUT2D eigenvalue weighted by atomic mass is 9.95. The van der Waals surface area contributed by atoms with Crippen LogP contribution >= 0.6 is 0 Å². The minimum atomic E-state index is -0.0275. The quantitative estimate of drug-likeness (QED) is 0.792. The van der Waals surface area contributed by atoms with Crippen molar-refractivity contribution in [1.29, 1.82) is 0 Å². The van der Waals surface area contributed by atoms with Crippen LogP contribution in [0.15, 0.2) is 61.2 Å². The molecule has 1 amide bonds. The van der Waals surface area contributed by atoms with E-state index in [-0.39, 0.29) is 5.91 Å². The number of aromatic nitrogens is 3. The monoisotopic (exact) mass is 344 g/mol. The number of carbonyl (C=O) groups is 1. The number of rotatable bonds is 4. The first kappa shape index (κ1) is 15.3. The summed E-state index contributed by atoms with van der Waals surface area (Å²) in [5.41, 5.74) is 4.79. The summed E-state index contributed by atoms with van der Waals surface area (Å²) in [6, 6.07) is 16.2. The average Bonchev–Trinajstić information content (AvgIpc) is 3.01. The van der Waals surface area contributed by atoms with Gasteiger partial charge in [0.2, 0.25) is 0 Å². The van der Waals surface area contributed by atoms with E-state index in [2.05, 4.69) is 39.7 Å². The molecule has 1 aromatic heterocycles. The lowest BCUT2D eigenvalue weighted by molar-refractivity contribution is 0.0951. The number of fused-ring (bicyclic) bond motifs is 2. The van der Waals surface area contributed by atoms with Crippen molar-refractivity contribution in [1.82, 2.24) is 20.1 Å². The highest BCUT2D eigenvalue weighted by atomic mass is 16.1. The van der Waals surface area contributed by atoms with Crippen molar-refractivity contribution >= 4 is 5.91 Å². The Morgan fingerprint density at radius 3 is 3.04 bits per heavy atom. The molecule has 0 unspecified atom stereocenters. The number of benzene rings is 2. The predicted octanol–water partition coefficient (Wildman–Crippen LogP) is 2.90. The number of amides is 1. The predicted molar refractivity (Wildman–Crippen MR) is 98.2 cm³/mol. The zero-order valence-electron chi connectivity index (χ0n) is 14.4. The molecular weight excluding hydrogens is 324 g/mol. The smallest absolute Gasteiger partial charge is 0.251 e. The van der Waals surface area contributed by atoms with Crippen LogP contribution in [-0.2, 0) is 11.8 Å². The SMILES string of the molecule is O=C(NC[C@@H]1C[C@]12CCc1ccccc12)c1cccc(-n2cncn2)c1. The summed E-state index contributed by atoms with van der Waals surface area (Å²) in [6.07, 6.45) is 6.68. The molecule has 130 valence electrons. The third kappa shape index (κ3) is 2.43. The maximum Gasteiger partial charge on any atom is 0.251 e. The molecule has 0 bridgehead atoms. The second-order valence-corrected chi connectivity index (χ2v) is 7.31. The Morgan fingerprint density at radius 2 is 2.15 bits per heavy atom. The van der Waals surface area contributed by atoms with Gasteiger partial charge in [0.15, 0.2) is 0 Å². The van der Waals surface area contributed by atoms with Gasteiger partial charge in [-0.05, 0) is 54.5 Å². The van der Waals surface area contributed by atoms with E-state index in [0.717, 1.165) is 12.2 Å². The molecule has 3 aromatic rings.